The molecule has 1 aromatic heterocycles. The zero-order valence-corrected chi connectivity index (χ0v) is 22.8. The first-order valence-corrected chi connectivity index (χ1v) is 13.0. The number of aromatic nitrogens is 2. The minimum absolute atomic E-state index is 0.0888. The van der Waals surface area contributed by atoms with Gasteiger partial charge in [0.25, 0.3) is 11.5 Å². The van der Waals surface area contributed by atoms with Crippen molar-refractivity contribution in [2.75, 3.05) is 6.54 Å². The minimum Gasteiger partial charge on any atom is -0.329 e. The van der Waals surface area contributed by atoms with Crippen molar-refractivity contribution < 1.29 is 18.0 Å². The molecular weight excluding hydrogens is 527 g/mol. The van der Waals surface area contributed by atoms with Gasteiger partial charge in [0.2, 0.25) is 0 Å². The lowest BCUT2D eigenvalue weighted by Crippen LogP contribution is -2.38. The average molecular weight is 556 g/mol. The highest BCUT2D eigenvalue weighted by Crippen LogP contribution is 2.32. The lowest BCUT2D eigenvalue weighted by atomic mass is 10.1. The van der Waals surface area contributed by atoms with Gasteiger partial charge in [-0.1, -0.05) is 49.7 Å². The molecule has 0 aliphatic carbocycles. The predicted molar refractivity (Wildman–Crippen MR) is 147 cm³/mol. The predicted octanol–water partition coefficient (Wildman–Crippen LogP) is 7.62. The van der Waals surface area contributed by atoms with Crippen molar-refractivity contribution in [3.05, 3.63) is 105 Å². The Labute approximate surface area is 229 Å². The third kappa shape index (κ3) is 5.86. The normalized spacial score (nSPS) is 12.6. The van der Waals surface area contributed by atoms with E-state index in [0.29, 0.717) is 33.6 Å². The van der Waals surface area contributed by atoms with Crippen LogP contribution in [0.1, 0.15) is 60.5 Å². The highest BCUT2D eigenvalue weighted by molar-refractivity contribution is 6.31. The second-order valence-electron chi connectivity index (χ2n) is 9.95. The molecule has 3 aromatic carbocycles. The van der Waals surface area contributed by atoms with Crippen LogP contribution in [0.3, 0.4) is 0 Å². The fraction of sp³-hybridized carbons (Fsp3) is 0.300. The van der Waals surface area contributed by atoms with E-state index < -0.39 is 23.7 Å². The standard InChI is InChI=1S/C30H29ClF3N3O2/c1-18(2)15-16-36(28(38)21-9-7-10-22(17-21)30(32,33)34)20(4)27-35-25-13-6-5-11-23(25)29(39)37(27)26-14-8-12-24(31)19(26)3/h5-14,17-18,20H,15-16H2,1-4H3. The molecule has 0 saturated carbocycles. The van der Waals surface area contributed by atoms with Crippen molar-refractivity contribution in [2.24, 2.45) is 5.92 Å². The first-order valence-electron chi connectivity index (χ1n) is 12.7. The number of rotatable bonds is 7. The van der Waals surface area contributed by atoms with Crippen LogP contribution in [0.15, 0.2) is 71.5 Å². The molecule has 9 heteroatoms. The van der Waals surface area contributed by atoms with Crippen molar-refractivity contribution in [3.63, 3.8) is 0 Å². The molecule has 0 fully saturated rings. The van der Waals surface area contributed by atoms with Gasteiger partial charge in [0.05, 0.1) is 28.2 Å². The van der Waals surface area contributed by atoms with Crippen LogP contribution in [0, 0.1) is 12.8 Å². The molecule has 4 rings (SSSR count). The number of carbonyl (C=O) groups is 1. The number of para-hydroxylation sites is 1. The number of carbonyl (C=O) groups excluding carboxylic acids is 1. The highest BCUT2D eigenvalue weighted by atomic mass is 35.5. The largest absolute Gasteiger partial charge is 0.416 e. The molecule has 4 aromatic rings. The van der Waals surface area contributed by atoms with E-state index in [9.17, 15) is 22.8 Å². The van der Waals surface area contributed by atoms with Crippen molar-refractivity contribution in [1.29, 1.82) is 0 Å². The zero-order chi connectivity index (χ0) is 28.5. The third-order valence-electron chi connectivity index (χ3n) is 6.77. The maximum absolute atomic E-state index is 13.9. The summed E-state index contributed by atoms with van der Waals surface area (Å²) in [6.07, 6.45) is -3.99. The first kappa shape index (κ1) is 28.4. The van der Waals surface area contributed by atoms with Crippen molar-refractivity contribution in [1.82, 2.24) is 14.5 Å². The van der Waals surface area contributed by atoms with E-state index in [4.69, 9.17) is 16.6 Å². The molecule has 39 heavy (non-hydrogen) atoms. The molecule has 1 unspecified atom stereocenters. The van der Waals surface area contributed by atoms with Crippen LogP contribution in [-0.4, -0.2) is 26.9 Å². The van der Waals surface area contributed by atoms with Crippen LogP contribution >= 0.6 is 11.6 Å². The van der Waals surface area contributed by atoms with Gasteiger partial charge in [0, 0.05) is 17.1 Å². The van der Waals surface area contributed by atoms with E-state index in [2.05, 4.69) is 0 Å². The number of fused-ring (bicyclic) bond motifs is 1. The van der Waals surface area contributed by atoms with Gasteiger partial charge in [-0.3, -0.25) is 14.2 Å². The SMILES string of the molecule is Cc1c(Cl)cccc1-n1c(C(C)N(CCC(C)C)C(=O)c2cccc(C(F)(F)F)c2)nc2ccccc2c1=O. The second-order valence-corrected chi connectivity index (χ2v) is 10.4. The summed E-state index contributed by atoms with van der Waals surface area (Å²) in [5.74, 6) is -0.0740. The van der Waals surface area contributed by atoms with Crippen LogP contribution in [-0.2, 0) is 6.18 Å². The lowest BCUT2D eigenvalue weighted by molar-refractivity contribution is -0.137. The Hall–Kier alpha value is -3.65. The van der Waals surface area contributed by atoms with Crippen LogP contribution < -0.4 is 5.56 Å². The van der Waals surface area contributed by atoms with Gasteiger partial charge in [-0.25, -0.2) is 4.98 Å². The topological polar surface area (TPSA) is 55.2 Å². The first-order chi connectivity index (χ1) is 18.4. The summed E-state index contributed by atoms with van der Waals surface area (Å²) in [6.45, 7) is 7.77. The number of alkyl halides is 3. The summed E-state index contributed by atoms with van der Waals surface area (Å²) in [5.41, 5.74) is 0.306. The minimum atomic E-state index is -4.59. The van der Waals surface area contributed by atoms with Gasteiger partial charge in [-0.15, -0.1) is 0 Å². The quantitative estimate of drug-likeness (QED) is 0.236. The number of amides is 1. The smallest absolute Gasteiger partial charge is 0.329 e. The molecule has 0 N–H and O–H groups in total. The summed E-state index contributed by atoms with van der Waals surface area (Å²) >= 11 is 6.40. The molecule has 5 nitrogen and oxygen atoms in total. The molecule has 0 aliphatic rings. The van der Waals surface area contributed by atoms with Gasteiger partial charge in [-0.2, -0.15) is 13.2 Å². The fourth-order valence-corrected chi connectivity index (χ4v) is 4.67. The molecule has 0 aliphatic heterocycles. The van der Waals surface area contributed by atoms with Crippen molar-refractivity contribution in [2.45, 2.75) is 46.3 Å². The number of benzene rings is 3. The molecule has 1 amide bonds. The van der Waals surface area contributed by atoms with Crippen LogP contribution in [0.25, 0.3) is 16.6 Å². The fourth-order valence-electron chi connectivity index (χ4n) is 4.50. The maximum atomic E-state index is 13.9. The van der Waals surface area contributed by atoms with E-state index in [-0.39, 0.29) is 29.4 Å². The van der Waals surface area contributed by atoms with Crippen LogP contribution in [0.4, 0.5) is 13.2 Å². The number of nitrogens with zero attached hydrogens (tertiary/aromatic N) is 3. The van der Waals surface area contributed by atoms with Gasteiger partial charge in [0.15, 0.2) is 0 Å². The van der Waals surface area contributed by atoms with E-state index in [1.54, 1.807) is 56.3 Å². The lowest BCUT2D eigenvalue weighted by Gasteiger charge is -2.31. The highest BCUT2D eigenvalue weighted by Gasteiger charge is 2.33. The molecule has 0 spiro atoms. The Kier molecular flexibility index (Phi) is 8.16. The summed E-state index contributed by atoms with van der Waals surface area (Å²) < 4.78 is 41.7. The summed E-state index contributed by atoms with van der Waals surface area (Å²) in [6, 6.07) is 15.7. The Morgan fingerprint density at radius 3 is 2.41 bits per heavy atom. The van der Waals surface area contributed by atoms with Gasteiger partial charge in [0.1, 0.15) is 5.82 Å². The molecule has 0 saturated heterocycles. The van der Waals surface area contributed by atoms with Crippen LogP contribution in [0.5, 0.6) is 0 Å². The third-order valence-corrected chi connectivity index (χ3v) is 7.18. The van der Waals surface area contributed by atoms with Gasteiger partial charge >= 0.3 is 6.18 Å². The van der Waals surface area contributed by atoms with E-state index in [1.807, 2.05) is 13.8 Å². The van der Waals surface area contributed by atoms with Gasteiger partial charge < -0.3 is 4.90 Å². The molecule has 0 radical (unpaired) electrons. The molecule has 204 valence electrons. The van der Waals surface area contributed by atoms with Gasteiger partial charge in [-0.05, 0) is 74.2 Å². The Morgan fingerprint density at radius 2 is 1.72 bits per heavy atom. The summed E-state index contributed by atoms with van der Waals surface area (Å²) in [7, 11) is 0. The van der Waals surface area contributed by atoms with E-state index >= 15 is 0 Å². The van der Waals surface area contributed by atoms with Crippen LogP contribution in [0.2, 0.25) is 5.02 Å². The Bertz CT molecular complexity index is 1580. The number of hydrogen-bond donors (Lipinski definition) is 0. The molecule has 1 heterocycles. The molecular formula is C30H29ClF3N3O2. The molecule has 1 atom stereocenters. The average Bonchev–Trinajstić information content (AvgIpc) is 2.90. The zero-order valence-electron chi connectivity index (χ0n) is 22.1. The van der Waals surface area contributed by atoms with E-state index in [1.165, 1.54) is 21.6 Å². The Balaban J connectivity index is 1.92. The van der Waals surface area contributed by atoms with E-state index in [0.717, 1.165) is 12.1 Å². The number of hydrogen-bond acceptors (Lipinski definition) is 3. The summed E-state index contributed by atoms with van der Waals surface area (Å²) in [5, 5.41) is 0.855. The monoisotopic (exact) mass is 555 g/mol. The molecule has 0 bridgehead atoms. The Morgan fingerprint density at radius 1 is 1.03 bits per heavy atom. The van der Waals surface area contributed by atoms with Crippen molar-refractivity contribution >= 4 is 28.4 Å². The summed E-state index contributed by atoms with van der Waals surface area (Å²) in [4.78, 5) is 33.9. The van der Waals surface area contributed by atoms with Crippen molar-refractivity contribution in [3.8, 4) is 5.69 Å². The maximum Gasteiger partial charge on any atom is 0.416 e. The second kappa shape index (κ2) is 11.2. The number of halogens is 4.